The molecular weight excluding hydrogens is 227 g/mol. The van der Waals surface area contributed by atoms with E-state index in [1.807, 2.05) is 26.0 Å². The topological polar surface area (TPSA) is 35.8 Å². The van der Waals surface area contributed by atoms with E-state index >= 15 is 0 Å². The van der Waals surface area contributed by atoms with Crippen molar-refractivity contribution < 1.29 is 4.39 Å². The quantitative estimate of drug-likeness (QED) is 0.749. The van der Waals surface area contributed by atoms with Crippen LogP contribution in [-0.4, -0.2) is 6.04 Å². The lowest BCUT2D eigenvalue weighted by atomic mass is 9.97. The molecule has 3 heteroatoms. The van der Waals surface area contributed by atoms with Gasteiger partial charge in [0.15, 0.2) is 0 Å². The van der Waals surface area contributed by atoms with Gasteiger partial charge in [0.1, 0.15) is 5.83 Å². The van der Waals surface area contributed by atoms with Crippen molar-refractivity contribution in [3.8, 4) is 6.07 Å². The number of nitrogens with one attached hydrogen (secondary N) is 1. The van der Waals surface area contributed by atoms with E-state index in [1.54, 1.807) is 24.4 Å². The summed E-state index contributed by atoms with van der Waals surface area (Å²) in [4.78, 5) is 0. The molecule has 0 spiro atoms. The van der Waals surface area contributed by atoms with Crippen molar-refractivity contribution in [3.05, 3.63) is 48.0 Å². The predicted molar refractivity (Wildman–Crippen MR) is 72.2 cm³/mol. The third-order valence-electron chi connectivity index (χ3n) is 2.83. The van der Waals surface area contributed by atoms with E-state index in [2.05, 4.69) is 5.32 Å². The maximum Gasteiger partial charge on any atom is 0.126 e. The first-order valence-corrected chi connectivity index (χ1v) is 6.24. The van der Waals surface area contributed by atoms with Gasteiger partial charge in [0, 0.05) is 17.7 Å². The van der Waals surface area contributed by atoms with Crippen LogP contribution in [0.5, 0.6) is 0 Å². The summed E-state index contributed by atoms with van der Waals surface area (Å²) < 4.78 is 13.6. The average Bonchev–Trinajstić information content (AvgIpc) is 2.36. The highest BCUT2D eigenvalue weighted by atomic mass is 19.1. The molecule has 1 rings (SSSR count). The van der Waals surface area contributed by atoms with Crippen molar-refractivity contribution in [3.63, 3.8) is 0 Å². The molecule has 96 valence electrons. The second kappa shape index (κ2) is 7.50. The zero-order valence-corrected chi connectivity index (χ0v) is 10.9. The molecule has 0 saturated carbocycles. The van der Waals surface area contributed by atoms with Gasteiger partial charge in [-0.25, -0.2) is 4.39 Å². The van der Waals surface area contributed by atoms with Gasteiger partial charge < -0.3 is 5.32 Å². The summed E-state index contributed by atoms with van der Waals surface area (Å²) in [6.45, 7) is 4.02. The summed E-state index contributed by atoms with van der Waals surface area (Å²) in [5.74, 6) is 0.115. The van der Waals surface area contributed by atoms with Gasteiger partial charge in [0.25, 0.3) is 0 Å². The first-order valence-electron chi connectivity index (χ1n) is 6.24. The number of hydrogen-bond donors (Lipinski definition) is 1. The van der Waals surface area contributed by atoms with E-state index in [0.717, 1.165) is 12.8 Å². The minimum Gasteiger partial charge on any atom is -0.385 e. The van der Waals surface area contributed by atoms with Gasteiger partial charge in [-0.05, 0) is 37.1 Å². The number of rotatable bonds is 5. The standard InChI is InChI=1S/C15H19FN2/c1-3-14(5-4-9-17)18-10-8-13-7-6-12(2)11-15(13)16/h4-5,7-8,10-12,14,18H,3,6H2,1-2H3/b5-4+,10-8+. The maximum atomic E-state index is 13.6. The lowest BCUT2D eigenvalue weighted by Crippen LogP contribution is -2.20. The lowest BCUT2D eigenvalue weighted by Gasteiger charge is -2.12. The third kappa shape index (κ3) is 4.58. The van der Waals surface area contributed by atoms with Gasteiger partial charge in [0.05, 0.1) is 6.07 Å². The van der Waals surface area contributed by atoms with Gasteiger partial charge in [0.2, 0.25) is 0 Å². The Morgan fingerprint density at radius 3 is 3.06 bits per heavy atom. The van der Waals surface area contributed by atoms with Crippen LogP contribution >= 0.6 is 0 Å². The van der Waals surface area contributed by atoms with Crippen LogP contribution in [0.3, 0.4) is 0 Å². The molecule has 0 heterocycles. The zero-order chi connectivity index (χ0) is 13.4. The Balaban J connectivity index is 2.53. The minimum atomic E-state index is -0.160. The molecule has 0 aliphatic heterocycles. The van der Waals surface area contributed by atoms with Crippen molar-refractivity contribution in [1.82, 2.24) is 5.32 Å². The first-order chi connectivity index (χ1) is 8.67. The average molecular weight is 246 g/mol. The number of nitriles is 1. The smallest absolute Gasteiger partial charge is 0.126 e. The lowest BCUT2D eigenvalue weighted by molar-refractivity contribution is 0.605. The molecule has 2 atom stereocenters. The molecule has 18 heavy (non-hydrogen) atoms. The van der Waals surface area contributed by atoms with Crippen molar-refractivity contribution in [1.29, 1.82) is 5.26 Å². The van der Waals surface area contributed by atoms with E-state index in [4.69, 9.17) is 5.26 Å². The molecule has 0 radical (unpaired) electrons. The van der Waals surface area contributed by atoms with Crippen LogP contribution in [0.1, 0.15) is 26.7 Å². The molecule has 0 aromatic carbocycles. The summed E-state index contributed by atoms with van der Waals surface area (Å²) in [6.07, 6.45) is 12.0. The SMILES string of the molecule is CCC(/C=C/C#N)N/C=C/C1=CCC(C)C=C1F. The van der Waals surface area contributed by atoms with Crippen LogP contribution in [-0.2, 0) is 0 Å². The Morgan fingerprint density at radius 2 is 2.44 bits per heavy atom. The van der Waals surface area contributed by atoms with E-state index in [9.17, 15) is 4.39 Å². The number of halogens is 1. The molecule has 1 N–H and O–H groups in total. The molecule has 1 aliphatic carbocycles. The Bertz CT molecular complexity index is 424. The van der Waals surface area contributed by atoms with Crippen molar-refractivity contribution >= 4 is 0 Å². The van der Waals surface area contributed by atoms with Crippen molar-refractivity contribution in [2.45, 2.75) is 32.7 Å². The van der Waals surface area contributed by atoms with Gasteiger partial charge in [-0.2, -0.15) is 5.26 Å². The maximum absolute atomic E-state index is 13.6. The molecule has 2 nitrogen and oxygen atoms in total. The Labute approximate surface area is 108 Å². The molecule has 1 aliphatic rings. The second-order valence-electron chi connectivity index (χ2n) is 4.39. The molecule has 0 aromatic rings. The fourth-order valence-electron chi connectivity index (χ4n) is 1.70. The summed E-state index contributed by atoms with van der Waals surface area (Å²) >= 11 is 0. The third-order valence-corrected chi connectivity index (χ3v) is 2.83. The van der Waals surface area contributed by atoms with Crippen LogP contribution in [0.15, 0.2) is 48.0 Å². The number of allylic oxidation sites excluding steroid dienone is 6. The minimum absolute atomic E-state index is 0.107. The Hall–Kier alpha value is -1.82. The largest absolute Gasteiger partial charge is 0.385 e. The van der Waals surface area contributed by atoms with Gasteiger partial charge in [-0.15, -0.1) is 0 Å². The molecule has 0 amide bonds. The summed E-state index contributed by atoms with van der Waals surface area (Å²) in [5.41, 5.74) is 0.625. The fourth-order valence-corrected chi connectivity index (χ4v) is 1.70. The van der Waals surface area contributed by atoms with Crippen LogP contribution in [0.2, 0.25) is 0 Å². The Morgan fingerprint density at radius 1 is 1.67 bits per heavy atom. The predicted octanol–water partition coefficient (Wildman–Crippen LogP) is 3.77. The van der Waals surface area contributed by atoms with Crippen LogP contribution in [0.25, 0.3) is 0 Å². The van der Waals surface area contributed by atoms with E-state index in [1.165, 1.54) is 6.08 Å². The highest BCUT2D eigenvalue weighted by Crippen LogP contribution is 2.24. The van der Waals surface area contributed by atoms with Crippen molar-refractivity contribution in [2.24, 2.45) is 5.92 Å². The summed E-state index contributed by atoms with van der Waals surface area (Å²) in [6, 6.07) is 2.07. The molecule has 0 fully saturated rings. The number of nitrogens with zero attached hydrogens (tertiary/aromatic N) is 1. The van der Waals surface area contributed by atoms with E-state index in [-0.39, 0.29) is 17.8 Å². The van der Waals surface area contributed by atoms with Crippen molar-refractivity contribution in [2.75, 3.05) is 0 Å². The molecule has 0 saturated heterocycles. The Kier molecular flexibility index (Phi) is 5.93. The van der Waals surface area contributed by atoms with E-state index < -0.39 is 0 Å². The molecule has 2 unspecified atom stereocenters. The van der Waals surface area contributed by atoms with Crippen LogP contribution in [0, 0.1) is 17.2 Å². The fraction of sp³-hybridized carbons (Fsp3) is 0.400. The monoisotopic (exact) mass is 246 g/mol. The highest BCUT2D eigenvalue weighted by molar-refractivity contribution is 5.38. The summed E-state index contributed by atoms with van der Waals surface area (Å²) in [5, 5.41) is 11.6. The van der Waals surface area contributed by atoms with Gasteiger partial charge >= 0.3 is 0 Å². The normalized spacial score (nSPS) is 21.6. The molecule has 0 aromatic heterocycles. The second-order valence-corrected chi connectivity index (χ2v) is 4.39. The van der Waals surface area contributed by atoms with Crippen LogP contribution < -0.4 is 5.32 Å². The zero-order valence-electron chi connectivity index (χ0n) is 10.9. The van der Waals surface area contributed by atoms with Crippen LogP contribution in [0.4, 0.5) is 4.39 Å². The van der Waals surface area contributed by atoms with E-state index in [0.29, 0.717) is 5.57 Å². The molecular formula is C15H19FN2. The highest BCUT2D eigenvalue weighted by Gasteiger charge is 2.09. The first kappa shape index (κ1) is 14.2. The van der Waals surface area contributed by atoms with Gasteiger partial charge in [-0.1, -0.05) is 26.0 Å². The summed E-state index contributed by atoms with van der Waals surface area (Å²) in [7, 11) is 0. The molecule has 0 bridgehead atoms. The van der Waals surface area contributed by atoms with Gasteiger partial charge in [-0.3, -0.25) is 0 Å². The number of hydrogen-bond acceptors (Lipinski definition) is 2.